The largest absolute Gasteiger partial charge is 0.423 e. The lowest BCUT2D eigenvalue weighted by Crippen LogP contribution is -2.04. The number of hydrogen-bond acceptors (Lipinski definition) is 4. The van der Waals surface area contributed by atoms with Crippen molar-refractivity contribution in [3.8, 4) is 0 Å². The summed E-state index contributed by atoms with van der Waals surface area (Å²) in [7, 11) is 0. The summed E-state index contributed by atoms with van der Waals surface area (Å²) in [6.07, 6.45) is 0. The van der Waals surface area contributed by atoms with Gasteiger partial charge in [0.1, 0.15) is 5.58 Å². The van der Waals surface area contributed by atoms with Crippen molar-refractivity contribution in [2.24, 2.45) is 0 Å². The van der Waals surface area contributed by atoms with Crippen LogP contribution in [-0.2, 0) is 0 Å². The lowest BCUT2D eigenvalue weighted by atomic mass is 10.1. The Labute approximate surface area is 85.3 Å². The first-order chi connectivity index (χ1) is 7.08. The maximum Gasteiger partial charge on any atom is 0.336 e. The first-order valence-corrected chi connectivity index (χ1v) is 4.42. The number of benzene rings is 1. The van der Waals surface area contributed by atoms with Crippen molar-refractivity contribution < 1.29 is 9.21 Å². The summed E-state index contributed by atoms with van der Waals surface area (Å²) in [5, 5.41) is 0.608. The fourth-order valence-corrected chi connectivity index (χ4v) is 1.47. The molecule has 2 rings (SSSR count). The summed E-state index contributed by atoms with van der Waals surface area (Å²) in [5.41, 5.74) is 6.20. The minimum atomic E-state index is -0.543. The van der Waals surface area contributed by atoms with Gasteiger partial charge in [-0.25, -0.2) is 4.79 Å². The van der Waals surface area contributed by atoms with Gasteiger partial charge in [0.15, 0.2) is 5.78 Å². The third-order valence-corrected chi connectivity index (χ3v) is 2.15. The van der Waals surface area contributed by atoms with Gasteiger partial charge >= 0.3 is 5.63 Å². The van der Waals surface area contributed by atoms with Crippen LogP contribution in [0.4, 0.5) is 5.69 Å². The number of nitrogen functional groups attached to an aromatic ring is 1. The maximum atomic E-state index is 11.3. The van der Waals surface area contributed by atoms with Crippen LogP contribution in [0.3, 0.4) is 0 Å². The Hall–Kier alpha value is -2.10. The Morgan fingerprint density at radius 3 is 2.73 bits per heavy atom. The zero-order valence-electron chi connectivity index (χ0n) is 8.11. The van der Waals surface area contributed by atoms with Gasteiger partial charge in [-0.2, -0.15) is 0 Å². The van der Waals surface area contributed by atoms with Crippen LogP contribution < -0.4 is 11.4 Å². The van der Waals surface area contributed by atoms with Crippen LogP contribution in [-0.4, -0.2) is 5.78 Å². The second kappa shape index (κ2) is 3.24. The Morgan fingerprint density at radius 1 is 1.33 bits per heavy atom. The quantitative estimate of drug-likeness (QED) is 0.433. The van der Waals surface area contributed by atoms with Crippen molar-refractivity contribution in [1.29, 1.82) is 0 Å². The molecule has 0 radical (unpaired) electrons. The van der Waals surface area contributed by atoms with E-state index in [0.717, 1.165) is 0 Å². The molecule has 4 heteroatoms. The lowest BCUT2D eigenvalue weighted by Gasteiger charge is -2.01. The van der Waals surface area contributed by atoms with Gasteiger partial charge in [0.2, 0.25) is 0 Å². The molecule has 4 nitrogen and oxygen atoms in total. The third kappa shape index (κ3) is 1.61. The number of rotatable bonds is 1. The van der Waals surface area contributed by atoms with E-state index < -0.39 is 5.63 Å². The van der Waals surface area contributed by atoms with Gasteiger partial charge in [0.25, 0.3) is 0 Å². The van der Waals surface area contributed by atoms with E-state index >= 15 is 0 Å². The molecular formula is C11H9NO3. The first kappa shape index (κ1) is 9.45. The van der Waals surface area contributed by atoms with Crippen LogP contribution in [0, 0.1) is 0 Å². The van der Waals surface area contributed by atoms with Gasteiger partial charge in [-0.3, -0.25) is 4.79 Å². The normalized spacial score (nSPS) is 10.5. The van der Waals surface area contributed by atoms with E-state index in [2.05, 4.69) is 0 Å². The monoisotopic (exact) mass is 203 g/mol. The molecule has 0 spiro atoms. The minimum Gasteiger partial charge on any atom is -0.423 e. The van der Waals surface area contributed by atoms with E-state index in [9.17, 15) is 9.59 Å². The Balaban J connectivity index is 2.92. The highest BCUT2D eigenvalue weighted by Gasteiger charge is 2.09. The number of hydrogen-bond donors (Lipinski definition) is 1. The summed E-state index contributed by atoms with van der Waals surface area (Å²) >= 11 is 0. The molecule has 0 amide bonds. The number of carbonyl (C=O) groups is 1. The highest BCUT2D eigenvalue weighted by atomic mass is 16.4. The van der Waals surface area contributed by atoms with Gasteiger partial charge in [0.05, 0.1) is 0 Å². The van der Waals surface area contributed by atoms with Crippen molar-refractivity contribution in [2.75, 3.05) is 5.73 Å². The van der Waals surface area contributed by atoms with Crippen LogP contribution in [0.5, 0.6) is 0 Å². The maximum absolute atomic E-state index is 11.3. The number of Topliss-reactive ketones (excluding diaryl/α,β-unsaturated/α-hetero) is 1. The predicted octanol–water partition coefficient (Wildman–Crippen LogP) is 1.58. The topological polar surface area (TPSA) is 73.3 Å². The van der Waals surface area contributed by atoms with Gasteiger partial charge in [-0.15, -0.1) is 0 Å². The number of nitrogens with two attached hydrogens (primary N) is 1. The Kier molecular flexibility index (Phi) is 2.04. The second-order valence-corrected chi connectivity index (χ2v) is 3.29. The highest BCUT2D eigenvalue weighted by Crippen LogP contribution is 2.19. The zero-order valence-corrected chi connectivity index (χ0v) is 8.11. The summed E-state index contributed by atoms with van der Waals surface area (Å²) in [6, 6.07) is 6.06. The Morgan fingerprint density at radius 2 is 2.07 bits per heavy atom. The van der Waals surface area contributed by atoms with Crippen molar-refractivity contribution in [2.45, 2.75) is 6.92 Å². The fraction of sp³-hybridized carbons (Fsp3) is 0.0909. The number of anilines is 1. The van der Waals surface area contributed by atoms with Crippen molar-refractivity contribution in [3.05, 3.63) is 40.2 Å². The fourth-order valence-electron chi connectivity index (χ4n) is 1.47. The summed E-state index contributed by atoms with van der Waals surface area (Å²) < 4.78 is 4.95. The van der Waals surface area contributed by atoms with E-state index in [-0.39, 0.29) is 5.78 Å². The number of fused-ring (bicyclic) bond motifs is 1. The van der Waals surface area contributed by atoms with Crippen molar-refractivity contribution in [3.63, 3.8) is 0 Å². The smallest absolute Gasteiger partial charge is 0.336 e. The second-order valence-electron chi connectivity index (χ2n) is 3.29. The standard InChI is InChI=1S/C11H9NO3/c1-6(13)9-5-11(14)15-10-4-7(12)2-3-8(9)10/h2-5H,12H2,1H3. The molecule has 2 N–H and O–H groups in total. The Bertz CT molecular complexity index is 598. The molecule has 0 atom stereocenters. The lowest BCUT2D eigenvalue weighted by molar-refractivity contribution is 0.101. The van der Waals surface area contributed by atoms with Crippen LogP contribution in [0.25, 0.3) is 11.0 Å². The highest BCUT2D eigenvalue weighted by molar-refractivity contribution is 6.05. The van der Waals surface area contributed by atoms with Gasteiger partial charge < -0.3 is 10.2 Å². The molecular weight excluding hydrogens is 194 g/mol. The summed E-state index contributed by atoms with van der Waals surface area (Å²) in [5.74, 6) is -0.169. The van der Waals surface area contributed by atoms with Gasteiger partial charge in [-0.1, -0.05) is 0 Å². The van der Waals surface area contributed by atoms with Gasteiger partial charge in [-0.05, 0) is 19.1 Å². The van der Waals surface area contributed by atoms with E-state index in [1.165, 1.54) is 19.1 Å². The van der Waals surface area contributed by atoms with Crippen LogP contribution in [0.15, 0.2) is 33.5 Å². The predicted molar refractivity (Wildman–Crippen MR) is 56.9 cm³/mol. The van der Waals surface area contributed by atoms with E-state index in [1.807, 2.05) is 0 Å². The molecule has 0 aliphatic heterocycles. The van der Waals surface area contributed by atoms with Gasteiger partial charge in [0, 0.05) is 28.8 Å². The molecule has 0 saturated heterocycles. The average Bonchev–Trinajstić information content (AvgIpc) is 2.15. The van der Waals surface area contributed by atoms with Crippen LogP contribution in [0.2, 0.25) is 0 Å². The summed E-state index contributed by atoms with van der Waals surface area (Å²) in [6.45, 7) is 1.41. The van der Waals surface area contributed by atoms with Crippen molar-refractivity contribution >= 4 is 22.4 Å². The summed E-state index contributed by atoms with van der Waals surface area (Å²) in [4.78, 5) is 22.4. The van der Waals surface area contributed by atoms with E-state index in [1.54, 1.807) is 12.1 Å². The van der Waals surface area contributed by atoms with Crippen molar-refractivity contribution in [1.82, 2.24) is 0 Å². The van der Waals surface area contributed by atoms with Crippen LogP contribution >= 0.6 is 0 Å². The number of ketones is 1. The van der Waals surface area contributed by atoms with E-state index in [4.69, 9.17) is 10.2 Å². The minimum absolute atomic E-state index is 0.169. The van der Waals surface area contributed by atoms with E-state index in [0.29, 0.717) is 22.2 Å². The molecule has 0 aliphatic carbocycles. The molecule has 76 valence electrons. The molecule has 0 bridgehead atoms. The molecule has 2 aromatic rings. The zero-order chi connectivity index (χ0) is 11.0. The first-order valence-electron chi connectivity index (χ1n) is 4.42. The molecule has 0 fully saturated rings. The molecule has 1 aromatic carbocycles. The SMILES string of the molecule is CC(=O)c1cc(=O)oc2cc(N)ccc12. The molecule has 1 aromatic heterocycles. The third-order valence-electron chi connectivity index (χ3n) is 2.15. The average molecular weight is 203 g/mol. The molecule has 0 saturated carbocycles. The molecule has 0 unspecified atom stereocenters. The molecule has 1 heterocycles. The molecule has 15 heavy (non-hydrogen) atoms. The van der Waals surface area contributed by atoms with Crippen LogP contribution in [0.1, 0.15) is 17.3 Å². The molecule has 0 aliphatic rings. The number of carbonyl (C=O) groups excluding carboxylic acids is 1.